The lowest BCUT2D eigenvalue weighted by Gasteiger charge is -2.28. The smallest absolute Gasteiger partial charge is 0.262 e. The molecule has 1 saturated heterocycles. The number of hydrogen-bond donors (Lipinski definition) is 2. The van der Waals surface area contributed by atoms with Crippen molar-refractivity contribution < 1.29 is 14.3 Å². The number of ether oxygens (including phenoxy) is 1. The minimum atomic E-state index is -0.0912. The predicted molar refractivity (Wildman–Crippen MR) is 152 cm³/mol. The maximum atomic E-state index is 13.5. The zero-order valence-corrected chi connectivity index (χ0v) is 23.0. The Bertz CT molecular complexity index is 1330. The fourth-order valence-electron chi connectivity index (χ4n) is 5.43. The van der Waals surface area contributed by atoms with Crippen LogP contribution in [-0.4, -0.2) is 46.4 Å². The normalized spacial score (nSPS) is 21.1. The molecule has 0 bridgehead atoms. The van der Waals surface area contributed by atoms with Crippen molar-refractivity contribution in [2.75, 3.05) is 18.9 Å². The van der Waals surface area contributed by atoms with Crippen molar-refractivity contribution in [3.8, 4) is 0 Å². The number of nitrogens with one attached hydrogen (secondary N) is 2. The Kier molecular flexibility index (Phi) is 9.32. The second-order valence-electron chi connectivity index (χ2n) is 10.5. The molecule has 2 N–H and O–H groups in total. The van der Waals surface area contributed by atoms with E-state index in [2.05, 4.69) is 10.6 Å². The van der Waals surface area contributed by atoms with Crippen molar-refractivity contribution in [3.05, 3.63) is 70.5 Å². The predicted octanol–water partition coefficient (Wildman–Crippen LogP) is 3.91. The summed E-state index contributed by atoms with van der Waals surface area (Å²) in [5.41, 5.74) is 1.65. The molecule has 39 heavy (non-hydrogen) atoms. The van der Waals surface area contributed by atoms with E-state index < -0.39 is 0 Å². The highest BCUT2D eigenvalue weighted by molar-refractivity contribution is 7.99. The number of amides is 2. The van der Waals surface area contributed by atoms with Gasteiger partial charge in [-0.25, -0.2) is 4.98 Å². The lowest BCUT2D eigenvalue weighted by Crippen LogP contribution is -2.35. The fraction of sp³-hybridized carbons (Fsp3) is 0.467. The average molecular weight is 549 g/mol. The van der Waals surface area contributed by atoms with Crippen LogP contribution in [0, 0.1) is 11.8 Å². The number of rotatable bonds is 10. The van der Waals surface area contributed by atoms with E-state index in [4.69, 9.17) is 9.72 Å². The Morgan fingerprint density at radius 3 is 2.51 bits per heavy atom. The van der Waals surface area contributed by atoms with E-state index in [1.165, 1.54) is 11.8 Å². The minimum Gasteiger partial charge on any atom is -0.376 e. The van der Waals surface area contributed by atoms with Crippen molar-refractivity contribution in [1.29, 1.82) is 0 Å². The average Bonchev–Trinajstić information content (AvgIpc) is 3.50. The van der Waals surface area contributed by atoms with Crippen LogP contribution in [0.1, 0.15) is 44.1 Å². The number of thioether (sulfide) groups is 1. The number of hydrogen-bond acceptors (Lipinski definition) is 6. The number of benzene rings is 2. The topological polar surface area (TPSA) is 102 Å². The van der Waals surface area contributed by atoms with Crippen molar-refractivity contribution >= 4 is 34.5 Å². The van der Waals surface area contributed by atoms with Gasteiger partial charge in [0.25, 0.3) is 5.56 Å². The lowest BCUT2D eigenvalue weighted by molar-refractivity contribution is -0.126. The van der Waals surface area contributed by atoms with Crippen LogP contribution in [0.3, 0.4) is 0 Å². The molecule has 2 aliphatic rings. The van der Waals surface area contributed by atoms with Gasteiger partial charge < -0.3 is 15.4 Å². The highest BCUT2D eigenvalue weighted by Gasteiger charge is 2.27. The van der Waals surface area contributed by atoms with Crippen LogP contribution in [0.25, 0.3) is 10.9 Å². The second kappa shape index (κ2) is 13.3. The van der Waals surface area contributed by atoms with Crippen molar-refractivity contribution in [3.63, 3.8) is 0 Å². The van der Waals surface area contributed by atoms with Gasteiger partial charge in [-0.1, -0.05) is 54.2 Å². The molecule has 0 radical (unpaired) electrons. The monoisotopic (exact) mass is 548 g/mol. The van der Waals surface area contributed by atoms with Crippen LogP contribution in [-0.2, 0) is 27.4 Å². The summed E-state index contributed by atoms with van der Waals surface area (Å²) in [6.07, 6.45) is 5.43. The zero-order valence-electron chi connectivity index (χ0n) is 22.1. The molecule has 3 aromatic rings. The van der Waals surface area contributed by atoms with Gasteiger partial charge in [0.05, 0.1) is 22.8 Å². The Hall–Kier alpha value is -3.17. The third-order valence-corrected chi connectivity index (χ3v) is 8.65. The van der Waals surface area contributed by atoms with Gasteiger partial charge in [-0.15, -0.1) is 0 Å². The van der Waals surface area contributed by atoms with Crippen LogP contribution in [0.5, 0.6) is 0 Å². The summed E-state index contributed by atoms with van der Waals surface area (Å²) in [7, 11) is 0. The molecule has 5 rings (SSSR count). The largest absolute Gasteiger partial charge is 0.376 e. The van der Waals surface area contributed by atoms with Gasteiger partial charge in [-0.2, -0.15) is 0 Å². The third kappa shape index (κ3) is 7.28. The van der Waals surface area contributed by atoms with E-state index in [0.29, 0.717) is 35.7 Å². The molecule has 206 valence electrons. The molecule has 1 aliphatic carbocycles. The molecular formula is C30H36N4O4S. The Balaban J connectivity index is 1.20. The van der Waals surface area contributed by atoms with Crippen molar-refractivity contribution in [1.82, 2.24) is 20.2 Å². The molecular weight excluding hydrogens is 512 g/mol. The number of carbonyl (C=O) groups is 2. The molecule has 0 unspecified atom stereocenters. The molecule has 2 heterocycles. The molecule has 2 aromatic carbocycles. The van der Waals surface area contributed by atoms with E-state index >= 15 is 0 Å². The number of nitrogens with zero attached hydrogens (tertiary/aromatic N) is 2. The number of para-hydroxylation sites is 1. The first kappa shape index (κ1) is 27.4. The Morgan fingerprint density at radius 1 is 0.974 bits per heavy atom. The van der Waals surface area contributed by atoms with Gasteiger partial charge in [0.1, 0.15) is 0 Å². The summed E-state index contributed by atoms with van der Waals surface area (Å²) < 4.78 is 7.32. The molecule has 8 nitrogen and oxygen atoms in total. The second-order valence-corrected chi connectivity index (χ2v) is 11.4. The van der Waals surface area contributed by atoms with E-state index in [9.17, 15) is 14.4 Å². The van der Waals surface area contributed by atoms with Crippen LogP contribution >= 0.6 is 11.8 Å². The quantitative estimate of drug-likeness (QED) is 0.294. The maximum absolute atomic E-state index is 13.5. The van der Waals surface area contributed by atoms with E-state index in [-0.39, 0.29) is 41.1 Å². The first-order valence-electron chi connectivity index (χ1n) is 13.9. The lowest BCUT2D eigenvalue weighted by atomic mass is 9.81. The molecule has 1 saturated carbocycles. The van der Waals surface area contributed by atoms with E-state index in [0.717, 1.165) is 50.7 Å². The zero-order chi connectivity index (χ0) is 27.0. The van der Waals surface area contributed by atoms with Gasteiger partial charge in [0.2, 0.25) is 11.8 Å². The summed E-state index contributed by atoms with van der Waals surface area (Å²) in [6, 6.07) is 17.3. The van der Waals surface area contributed by atoms with Crippen molar-refractivity contribution in [2.24, 2.45) is 11.8 Å². The highest BCUT2D eigenvalue weighted by Crippen LogP contribution is 2.31. The first-order valence-corrected chi connectivity index (χ1v) is 14.9. The van der Waals surface area contributed by atoms with Gasteiger partial charge in [-0.3, -0.25) is 19.0 Å². The number of aromatic nitrogens is 2. The van der Waals surface area contributed by atoms with Crippen molar-refractivity contribution in [2.45, 2.75) is 62.9 Å². The summed E-state index contributed by atoms with van der Waals surface area (Å²) >= 11 is 1.30. The summed E-state index contributed by atoms with van der Waals surface area (Å²) in [5.74, 6) is 0.471. The molecule has 9 heteroatoms. The molecule has 2 amide bonds. The van der Waals surface area contributed by atoms with Crippen LogP contribution < -0.4 is 16.2 Å². The third-order valence-electron chi connectivity index (χ3n) is 7.68. The molecule has 0 spiro atoms. The molecule has 1 atom stereocenters. The van der Waals surface area contributed by atoms with Crippen LogP contribution in [0.4, 0.5) is 0 Å². The fourth-order valence-corrected chi connectivity index (χ4v) is 6.27. The van der Waals surface area contributed by atoms with Crippen LogP contribution in [0.2, 0.25) is 0 Å². The van der Waals surface area contributed by atoms with E-state index in [1.807, 2.05) is 48.5 Å². The SMILES string of the molecule is O=C(CSc1nc2ccccc2c(=O)n1CC1CCC(C(=O)NCc2ccccc2)CC1)NC[C@H]1CCCO1. The standard InChI is InChI=1S/C30H36N4O4S/c35-27(31-18-24-9-6-16-38-24)20-39-30-33-26-11-5-4-10-25(26)29(37)34(30)19-22-12-14-23(15-13-22)28(36)32-17-21-7-2-1-3-8-21/h1-5,7-8,10-11,22-24H,6,9,12-20H2,(H,31,35)(H,32,36)/t22?,23?,24-/m1/s1. The van der Waals surface area contributed by atoms with Gasteiger partial charge >= 0.3 is 0 Å². The Labute approximate surface area is 232 Å². The summed E-state index contributed by atoms with van der Waals surface area (Å²) in [6.45, 7) is 2.34. The Morgan fingerprint density at radius 2 is 1.74 bits per heavy atom. The molecule has 1 aliphatic heterocycles. The molecule has 2 fully saturated rings. The van der Waals surface area contributed by atoms with Gasteiger partial charge in [-0.05, 0) is 62.1 Å². The number of carbonyl (C=O) groups excluding carboxylic acids is 2. The minimum absolute atomic E-state index is 0.00204. The van der Waals surface area contributed by atoms with Gasteiger partial charge in [0, 0.05) is 32.2 Å². The summed E-state index contributed by atoms with van der Waals surface area (Å²) in [5, 5.41) is 7.17. The van der Waals surface area contributed by atoms with Crippen LogP contribution in [0.15, 0.2) is 64.5 Å². The van der Waals surface area contributed by atoms with E-state index in [1.54, 1.807) is 10.6 Å². The summed E-state index contributed by atoms with van der Waals surface area (Å²) in [4.78, 5) is 43.5. The van der Waals surface area contributed by atoms with Gasteiger partial charge in [0.15, 0.2) is 5.16 Å². The number of fused-ring (bicyclic) bond motifs is 1. The first-order chi connectivity index (χ1) is 19.1. The highest BCUT2D eigenvalue weighted by atomic mass is 32.2. The molecule has 1 aromatic heterocycles. The maximum Gasteiger partial charge on any atom is 0.262 e.